The van der Waals surface area contributed by atoms with Crippen LogP contribution in [0.15, 0.2) is 27.8 Å². The molecule has 9 heteroatoms. The van der Waals surface area contributed by atoms with Gasteiger partial charge in [-0.25, -0.2) is 23.8 Å². The topological polar surface area (TPSA) is 142 Å². The number of allylic oxidation sites excluding steroid dienone is 2. The number of amides is 2. The molecule has 0 fully saturated rings. The number of aliphatic hydroxyl groups is 1. The Hall–Kier alpha value is -1.71. The number of carbonyl (C=O) groups excluding carboxylic acids is 1. The van der Waals surface area contributed by atoms with E-state index in [1.54, 1.807) is 0 Å². The molecule has 1 rings (SSSR count). The zero-order valence-corrected chi connectivity index (χ0v) is 8.73. The Balaban J connectivity index is 3.12. The molecule has 0 aromatic rings. The number of hydroxylamine groups is 1. The van der Waals surface area contributed by atoms with Crippen LogP contribution < -0.4 is 10.6 Å². The van der Waals surface area contributed by atoms with Crippen LogP contribution in [0.5, 0.6) is 0 Å². The van der Waals surface area contributed by atoms with Gasteiger partial charge >= 0.3 is 6.03 Å². The lowest BCUT2D eigenvalue weighted by atomic mass is 10.1. The fourth-order valence-corrected chi connectivity index (χ4v) is 1.72. The maximum Gasteiger partial charge on any atom is 0.364 e. The number of nitrogens with zero attached hydrogens (tertiary/aromatic N) is 1. The molecule has 8 nitrogen and oxygen atoms in total. The number of aliphatic hydroxyl groups excluding tert-OH is 1. The number of urea groups is 1. The van der Waals surface area contributed by atoms with E-state index in [1.165, 1.54) is 5.48 Å². The Bertz CT molecular complexity index is 502. The first-order chi connectivity index (χ1) is 7.34. The van der Waals surface area contributed by atoms with E-state index in [2.05, 4.69) is 4.99 Å². The molecule has 0 saturated heterocycles. The molecular weight excluding hydrogens is 238 g/mol. The normalized spacial score (nSPS) is 19.0. The lowest BCUT2D eigenvalue weighted by Gasteiger charge is -2.10. The smallest absolute Gasteiger partial charge is 0.364 e. The van der Waals surface area contributed by atoms with Crippen molar-refractivity contribution in [1.82, 2.24) is 5.48 Å². The second-order valence-electron chi connectivity index (χ2n) is 2.87. The summed E-state index contributed by atoms with van der Waals surface area (Å²) in [5, 5.41) is 22.3. The molecule has 0 bridgehead atoms. The van der Waals surface area contributed by atoms with E-state index in [0.717, 1.165) is 12.2 Å². The summed E-state index contributed by atoms with van der Waals surface area (Å²) < 4.78 is 22.0. The fourth-order valence-electron chi connectivity index (χ4n) is 1.05. The SMILES string of the molecule is NS(=O)(=O)C1=CC(=NC(=O)NO)CC=C1O. The van der Waals surface area contributed by atoms with E-state index in [1.807, 2.05) is 0 Å². The number of sulfonamides is 1. The quantitative estimate of drug-likeness (QED) is 0.366. The molecule has 0 saturated carbocycles. The van der Waals surface area contributed by atoms with Crippen molar-refractivity contribution in [1.29, 1.82) is 0 Å². The molecule has 1 aliphatic rings. The van der Waals surface area contributed by atoms with Gasteiger partial charge in [0.15, 0.2) is 0 Å². The van der Waals surface area contributed by atoms with Crippen LogP contribution in [0, 0.1) is 0 Å². The lowest BCUT2D eigenvalue weighted by molar-refractivity contribution is 0.169. The van der Waals surface area contributed by atoms with E-state index < -0.39 is 26.7 Å². The van der Waals surface area contributed by atoms with Gasteiger partial charge in [-0.1, -0.05) is 0 Å². The second-order valence-corrected chi connectivity index (χ2v) is 4.40. The minimum Gasteiger partial charge on any atom is -0.507 e. The van der Waals surface area contributed by atoms with Gasteiger partial charge in [-0.3, -0.25) is 5.21 Å². The highest BCUT2D eigenvalue weighted by Crippen LogP contribution is 2.18. The molecule has 0 spiro atoms. The monoisotopic (exact) mass is 247 g/mol. The van der Waals surface area contributed by atoms with E-state index >= 15 is 0 Å². The Morgan fingerprint density at radius 3 is 2.69 bits per heavy atom. The average Bonchev–Trinajstić information content (AvgIpc) is 2.19. The fraction of sp³-hybridized carbons (Fsp3) is 0.143. The molecule has 0 radical (unpaired) electrons. The number of hydrogen-bond donors (Lipinski definition) is 4. The number of carbonyl (C=O) groups is 1. The highest BCUT2D eigenvalue weighted by atomic mass is 32.2. The zero-order chi connectivity index (χ0) is 12.3. The number of primary sulfonamides is 1. The standard InChI is InChI=1S/C7H9N3O5S/c8-16(14,15)6-3-4(1-2-5(6)11)9-7(12)10-13/h2-3,11,13H,1H2,(H,10,12)(H2,8,14,15). The molecular formula is C7H9N3O5S. The minimum atomic E-state index is -4.08. The van der Waals surface area contributed by atoms with Gasteiger partial charge in [0.05, 0.1) is 5.71 Å². The number of hydrogen-bond acceptors (Lipinski definition) is 5. The van der Waals surface area contributed by atoms with Crippen molar-refractivity contribution in [2.24, 2.45) is 10.1 Å². The highest BCUT2D eigenvalue weighted by molar-refractivity contribution is 7.93. The first-order valence-electron chi connectivity index (χ1n) is 4.00. The summed E-state index contributed by atoms with van der Waals surface area (Å²) in [7, 11) is -4.08. The van der Waals surface area contributed by atoms with Crippen molar-refractivity contribution in [3.05, 3.63) is 22.8 Å². The number of rotatable bonds is 1. The van der Waals surface area contributed by atoms with Gasteiger partial charge in [-0.2, -0.15) is 4.99 Å². The summed E-state index contributed by atoms with van der Waals surface area (Å²) >= 11 is 0. The number of nitrogens with one attached hydrogen (secondary N) is 1. The largest absolute Gasteiger partial charge is 0.507 e. The molecule has 0 aromatic heterocycles. The van der Waals surface area contributed by atoms with Gasteiger partial charge in [-0.15, -0.1) is 0 Å². The predicted molar refractivity (Wildman–Crippen MR) is 54.3 cm³/mol. The van der Waals surface area contributed by atoms with E-state index in [9.17, 15) is 18.3 Å². The molecule has 1 aliphatic carbocycles. The van der Waals surface area contributed by atoms with Crippen molar-refractivity contribution in [3.8, 4) is 0 Å². The molecule has 0 atom stereocenters. The van der Waals surface area contributed by atoms with E-state index in [4.69, 9.17) is 10.3 Å². The molecule has 5 N–H and O–H groups in total. The molecule has 0 unspecified atom stereocenters. The molecule has 16 heavy (non-hydrogen) atoms. The van der Waals surface area contributed by atoms with Gasteiger partial charge < -0.3 is 5.11 Å². The first-order valence-corrected chi connectivity index (χ1v) is 5.55. The third kappa shape index (κ3) is 2.89. The van der Waals surface area contributed by atoms with Crippen LogP contribution in [-0.2, 0) is 10.0 Å². The minimum absolute atomic E-state index is 0.0494. The lowest BCUT2D eigenvalue weighted by Crippen LogP contribution is -2.21. The van der Waals surface area contributed by atoms with Crippen LogP contribution in [0.2, 0.25) is 0 Å². The van der Waals surface area contributed by atoms with Gasteiger partial charge in [-0.05, 0) is 12.2 Å². The van der Waals surface area contributed by atoms with Crippen molar-refractivity contribution < 1.29 is 23.5 Å². The number of aliphatic imine (C=N–C) groups is 1. The third-order valence-corrected chi connectivity index (χ3v) is 2.64. The summed E-state index contributed by atoms with van der Waals surface area (Å²) in [5.41, 5.74) is 1.31. The Kier molecular flexibility index (Phi) is 3.42. The zero-order valence-electron chi connectivity index (χ0n) is 7.91. The van der Waals surface area contributed by atoms with Gasteiger partial charge in [0.1, 0.15) is 10.7 Å². The molecule has 2 amide bonds. The van der Waals surface area contributed by atoms with Crippen molar-refractivity contribution >= 4 is 21.8 Å². The average molecular weight is 247 g/mol. The molecule has 0 aliphatic heterocycles. The van der Waals surface area contributed by atoms with Crippen molar-refractivity contribution in [3.63, 3.8) is 0 Å². The Morgan fingerprint density at radius 2 is 2.19 bits per heavy atom. The maximum absolute atomic E-state index is 11.0. The van der Waals surface area contributed by atoms with Crippen LogP contribution in [-0.4, -0.2) is 30.5 Å². The summed E-state index contributed by atoms with van der Waals surface area (Å²) in [6, 6.07) is -1.05. The van der Waals surface area contributed by atoms with Crippen molar-refractivity contribution in [2.75, 3.05) is 0 Å². The molecule has 0 aromatic carbocycles. The highest BCUT2D eigenvalue weighted by Gasteiger charge is 2.21. The van der Waals surface area contributed by atoms with Crippen LogP contribution >= 0.6 is 0 Å². The van der Waals surface area contributed by atoms with Gasteiger partial charge in [0.25, 0.3) is 0 Å². The van der Waals surface area contributed by atoms with Gasteiger partial charge in [0, 0.05) is 6.42 Å². The van der Waals surface area contributed by atoms with Crippen molar-refractivity contribution in [2.45, 2.75) is 6.42 Å². The number of nitrogens with two attached hydrogens (primary N) is 1. The molecule has 0 heterocycles. The van der Waals surface area contributed by atoms with Crippen LogP contribution in [0.4, 0.5) is 4.79 Å². The third-order valence-electron chi connectivity index (χ3n) is 1.70. The summed E-state index contributed by atoms with van der Waals surface area (Å²) in [5.74, 6) is -0.495. The predicted octanol–water partition coefficient (Wildman–Crippen LogP) is -0.456. The Labute approximate surface area is 90.8 Å². The first kappa shape index (κ1) is 12.4. The summed E-state index contributed by atoms with van der Waals surface area (Å²) in [6.45, 7) is 0. The van der Waals surface area contributed by atoms with Crippen LogP contribution in [0.25, 0.3) is 0 Å². The second kappa shape index (κ2) is 4.43. The molecule has 88 valence electrons. The van der Waals surface area contributed by atoms with E-state index in [0.29, 0.717) is 0 Å². The van der Waals surface area contributed by atoms with Crippen LogP contribution in [0.1, 0.15) is 6.42 Å². The van der Waals surface area contributed by atoms with Gasteiger partial charge in [0.2, 0.25) is 10.0 Å². The summed E-state index contributed by atoms with van der Waals surface area (Å²) in [6.07, 6.45) is 2.15. The Morgan fingerprint density at radius 1 is 1.56 bits per heavy atom. The van der Waals surface area contributed by atoms with E-state index in [-0.39, 0.29) is 12.1 Å². The summed E-state index contributed by atoms with van der Waals surface area (Å²) in [4.78, 5) is 13.5. The maximum atomic E-state index is 11.0. The van der Waals surface area contributed by atoms with Crippen LogP contribution in [0.3, 0.4) is 0 Å².